The normalized spacial score (nSPS) is 11.4. The first-order valence-electron chi connectivity index (χ1n) is 14.5. The summed E-state index contributed by atoms with van der Waals surface area (Å²) in [7, 11) is 0. The van der Waals surface area contributed by atoms with Gasteiger partial charge in [-0.3, -0.25) is 0 Å². The molecule has 6 aromatic rings. The van der Waals surface area contributed by atoms with Crippen molar-refractivity contribution < 1.29 is 24.2 Å². The minimum absolute atomic E-state index is 0. The average Bonchev–Trinajstić information content (AvgIpc) is 3.72. The molecule has 0 amide bonds. The molecule has 0 nitrogen and oxygen atoms in total. The van der Waals surface area contributed by atoms with Crippen LogP contribution in [0.5, 0.6) is 0 Å². The molecule has 0 atom stereocenters. The Kier molecular flexibility index (Phi) is 13.4. The van der Waals surface area contributed by atoms with E-state index in [0.717, 1.165) is 6.42 Å². The molecule has 0 fully saturated rings. The van der Waals surface area contributed by atoms with Crippen LogP contribution in [0.3, 0.4) is 0 Å². The van der Waals surface area contributed by atoms with E-state index in [1.807, 2.05) is 0 Å². The maximum Gasteiger partial charge on any atom is -0.0771 e. The van der Waals surface area contributed by atoms with E-state index in [4.69, 9.17) is 0 Å². The Morgan fingerprint density at radius 3 is 1.57 bits per heavy atom. The summed E-state index contributed by atoms with van der Waals surface area (Å²) in [4.78, 5) is 0. The van der Waals surface area contributed by atoms with Gasteiger partial charge in [0.2, 0.25) is 0 Å². The van der Waals surface area contributed by atoms with Gasteiger partial charge in [0, 0.05) is 0 Å². The zero-order valence-corrected chi connectivity index (χ0v) is 29.8. The van der Waals surface area contributed by atoms with Crippen molar-refractivity contribution in [2.75, 3.05) is 0 Å². The topological polar surface area (TPSA) is 0 Å². The maximum absolute atomic E-state index is 3.39. The van der Waals surface area contributed by atoms with Gasteiger partial charge in [0.05, 0.1) is 0 Å². The smallest absolute Gasteiger partial charge is 0.0771 e. The molecule has 0 unspecified atom stereocenters. The molecule has 0 bridgehead atoms. The first-order valence-corrected chi connectivity index (χ1v) is 15.7. The van der Waals surface area contributed by atoms with Crippen LogP contribution in [0, 0.1) is 33.8 Å². The molecule has 0 saturated carbocycles. The summed E-state index contributed by atoms with van der Waals surface area (Å²) in [5.41, 5.74) is 10.9. The minimum atomic E-state index is 0. The van der Waals surface area contributed by atoms with Crippen LogP contribution in [-0.4, -0.2) is 3.21 Å². The van der Waals surface area contributed by atoms with Gasteiger partial charge in [0.15, 0.2) is 0 Å². The second-order valence-corrected chi connectivity index (χ2v) is 12.0. The zero-order chi connectivity index (χ0) is 29.5. The van der Waals surface area contributed by atoms with Gasteiger partial charge in [0.25, 0.3) is 0 Å². The van der Waals surface area contributed by atoms with Gasteiger partial charge >= 0.3 is 99.2 Å². The van der Waals surface area contributed by atoms with Crippen LogP contribution in [0.1, 0.15) is 45.4 Å². The number of fused-ring (bicyclic) bond motifs is 3. The van der Waals surface area contributed by atoms with Crippen LogP contribution in [-0.2, 0) is 24.2 Å². The Bertz CT molecular complexity index is 1800. The second kappa shape index (κ2) is 16.7. The molecule has 220 valence electrons. The number of halogens is 2. The molecule has 0 radical (unpaired) electrons. The fraction of sp³-hybridized carbons (Fsp3) is 0.122. The van der Waals surface area contributed by atoms with Crippen molar-refractivity contribution >= 4 is 55.1 Å². The van der Waals surface area contributed by atoms with E-state index >= 15 is 0 Å². The standard InChI is InChI=1S/C15H17.C13H9.C13H10.2ClH.Zr/c1-10-9-15(14-7-5-6-8-14)13(4)12(3)11(10)2;1-3-7-12-10(5-1)9-11-6-2-4-8-13(11)12;1-3-7-12(8-4-1)11-13-9-5-2-6-10-13;;;/h5,7,9H,6H2,1-4H3;1-9H;1-10H;2*1H;/q2*-1;;;;+2. The van der Waals surface area contributed by atoms with E-state index in [2.05, 4.69) is 167 Å². The van der Waals surface area contributed by atoms with E-state index in [0.29, 0.717) is 0 Å². The number of hydrogen-bond acceptors (Lipinski definition) is 0. The average molecular weight is 693 g/mol. The van der Waals surface area contributed by atoms with Crippen molar-refractivity contribution in [3.63, 3.8) is 0 Å². The Balaban J connectivity index is 0.000000177. The molecule has 0 spiro atoms. The molecule has 0 heterocycles. The van der Waals surface area contributed by atoms with Crippen LogP contribution in [0.25, 0.3) is 27.1 Å². The molecule has 1 aliphatic rings. The fourth-order valence-electron chi connectivity index (χ4n) is 5.36. The van der Waals surface area contributed by atoms with Gasteiger partial charge in [-0.1, -0.05) is 66.4 Å². The molecular formula is C41H38Cl2Zr. The van der Waals surface area contributed by atoms with Gasteiger partial charge < -0.3 is 0 Å². The quantitative estimate of drug-likeness (QED) is 0.162. The molecule has 3 heteroatoms. The molecule has 6 aromatic carbocycles. The summed E-state index contributed by atoms with van der Waals surface area (Å²) >= 11 is 1.46. The van der Waals surface area contributed by atoms with Crippen molar-refractivity contribution in [3.8, 4) is 0 Å². The number of allylic oxidation sites excluding steroid dienone is 4. The molecule has 0 aliphatic heterocycles. The van der Waals surface area contributed by atoms with Crippen molar-refractivity contribution in [2.45, 2.75) is 34.1 Å². The van der Waals surface area contributed by atoms with Crippen LogP contribution in [0.15, 0.2) is 133 Å². The molecule has 0 N–H and O–H groups in total. The third-order valence-electron chi connectivity index (χ3n) is 8.11. The fourth-order valence-corrected chi connectivity index (χ4v) is 6.18. The first-order chi connectivity index (χ1) is 20.4. The maximum atomic E-state index is 3.39. The zero-order valence-electron chi connectivity index (χ0n) is 25.7. The summed E-state index contributed by atoms with van der Waals surface area (Å²) in [5, 5.41) is 5.39. The third-order valence-corrected chi connectivity index (χ3v) is 9.53. The summed E-state index contributed by atoms with van der Waals surface area (Å²) in [5.74, 6) is 0. The van der Waals surface area contributed by atoms with Gasteiger partial charge in [0.1, 0.15) is 0 Å². The van der Waals surface area contributed by atoms with E-state index in [9.17, 15) is 0 Å². The summed E-state index contributed by atoms with van der Waals surface area (Å²) < 4.78 is 1.42. The molecular weight excluding hydrogens is 655 g/mol. The monoisotopic (exact) mass is 690 g/mol. The molecule has 1 aliphatic carbocycles. The van der Waals surface area contributed by atoms with Gasteiger partial charge in [-0.2, -0.15) is 17.7 Å². The summed E-state index contributed by atoms with van der Waals surface area (Å²) in [6.45, 7) is 8.80. The second-order valence-electron chi connectivity index (χ2n) is 10.7. The Labute approximate surface area is 290 Å². The van der Waals surface area contributed by atoms with Crippen molar-refractivity contribution in [1.29, 1.82) is 0 Å². The molecule has 44 heavy (non-hydrogen) atoms. The van der Waals surface area contributed by atoms with E-state index in [1.54, 1.807) is 0 Å². The van der Waals surface area contributed by atoms with E-state index < -0.39 is 0 Å². The first kappa shape index (κ1) is 35.3. The van der Waals surface area contributed by atoms with Crippen molar-refractivity contribution in [2.24, 2.45) is 0 Å². The Hall–Kier alpha value is -3.22. The number of benzene rings is 5. The minimum Gasteiger partial charge on any atom is -0.126 e. The van der Waals surface area contributed by atoms with Crippen LogP contribution >= 0.6 is 24.8 Å². The van der Waals surface area contributed by atoms with Gasteiger partial charge in [-0.25, -0.2) is 0 Å². The van der Waals surface area contributed by atoms with Crippen molar-refractivity contribution in [3.05, 3.63) is 178 Å². The molecule has 0 aromatic heterocycles. The predicted octanol–water partition coefficient (Wildman–Crippen LogP) is 11.4. The Morgan fingerprint density at radius 2 is 1.09 bits per heavy atom. The number of aryl methyl sites for hydroxylation is 1. The number of hydrogen-bond donors (Lipinski definition) is 0. The summed E-state index contributed by atoms with van der Waals surface area (Å²) in [6.07, 6.45) is 8.70. The Morgan fingerprint density at radius 1 is 0.614 bits per heavy atom. The van der Waals surface area contributed by atoms with Crippen molar-refractivity contribution in [1.82, 2.24) is 0 Å². The summed E-state index contributed by atoms with van der Waals surface area (Å²) in [6, 6.07) is 42.7. The predicted molar refractivity (Wildman–Crippen MR) is 193 cm³/mol. The van der Waals surface area contributed by atoms with Crippen LogP contribution in [0.2, 0.25) is 0 Å². The molecule has 7 rings (SSSR count). The SMILES string of the molecule is Cc1cc(C2=[C-]CC=C2)c(C)c(C)c1C.Cl.Cl.[Zr+2]=[C](c1ccccc1)c1ccccc1.c1ccc2c(c1)[cH-]c1ccccc12. The van der Waals surface area contributed by atoms with E-state index in [-0.39, 0.29) is 24.8 Å². The van der Waals surface area contributed by atoms with Gasteiger partial charge in [-0.05, 0) is 26.3 Å². The largest absolute Gasteiger partial charge is 0.126 e. The van der Waals surface area contributed by atoms with Crippen LogP contribution < -0.4 is 0 Å². The molecule has 0 saturated heterocycles. The van der Waals surface area contributed by atoms with Gasteiger partial charge in [-0.15, -0.1) is 82.3 Å². The van der Waals surface area contributed by atoms with E-state index in [1.165, 1.54) is 93.5 Å². The van der Waals surface area contributed by atoms with Crippen LogP contribution in [0.4, 0.5) is 0 Å². The third kappa shape index (κ3) is 8.28. The number of rotatable bonds is 3.